The molecule has 3 N–H and O–H groups in total. The summed E-state index contributed by atoms with van der Waals surface area (Å²) in [6, 6.07) is 8.97. The zero-order valence-corrected chi connectivity index (χ0v) is 17.8. The number of pyridine rings is 1. The third kappa shape index (κ3) is 4.96. The second-order valence-electron chi connectivity index (χ2n) is 7.98. The monoisotopic (exact) mass is 430 g/mol. The molecule has 2 aliphatic heterocycles. The van der Waals surface area contributed by atoms with Crippen LogP contribution in [0.2, 0.25) is 5.02 Å². The van der Waals surface area contributed by atoms with E-state index in [2.05, 4.69) is 15.2 Å². The second kappa shape index (κ2) is 9.10. The fourth-order valence-electron chi connectivity index (χ4n) is 3.94. The van der Waals surface area contributed by atoms with Crippen LogP contribution >= 0.6 is 11.6 Å². The highest BCUT2D eigenvalue weighted by molar-refractivity contribution is 6.30. The summed E-state index contributed by atoms with van der Waals surface area (Å²) in [4.78, 5) is 18.9. The van der Waals surface area contributed by atoms with E-state index in [-0.39, 0.29) is 17.8 Å². The number of hydrogen-bond donors (Lipinski definition) is 2. The van der Waals surface area contributed by atoms with E-state index >= 15 is 0 Å². The van der Waals surface area contributed by atoms with Gasteiger partial charge in [0, 0.05) is 29.9 Å². The van der Waals surface area contributed by atoms with Gasteiger partial charge in [-0.1, -0.05) is 11.6 Å². The smallest absolute Gasteiger partial charge is 0.255 e. The van der Waals surface area contributed by atoms with Crippen LogP contribution in [0.3, 0.4) is 0 Å². The van der Waals surface area contributed by atoms with Crippen LogP contribution in [0.4, 0.5) is 5.82 Å². The number of nitrogens with zero attached hydrogens (tertiary/aromatic N) is 2. The molecule has 1 aromatic heterocycles. The van der Waals surface area contributed by atoms with Gasteiger partial charge in [0.1, 0.15) is 18.5 Å². The summed E-state index contributed by atoms with van der Waals surface area (Å²) in [5, 5.41) is 3.65. The van der Waals surface area contributed by atoms with Gasteiger partial charge in [-0.15, -0.1) is 0 Å². The van der Waals surface area contributed by atoms with Gasteiger partial charge in [0.05, 0.1) is 5.56 Å². The van der Waals surface area contributed by atoms with Gasteiger partial charge in [-0.05, 0) is 63.0 Å². The molecule has 0 radical (unpaired) electrons. The highest BCUT2D eigenvalue weighted by atomic mass is 35.5. The normalized spacial score (nSPS) is 19.5. The molecule has 2 aromatic rings. The number of nitrogen functional groups attached to an aromatic ring is 1. The minimum atomic E-state index is -0.160. The number of fused-ring (bicyclic) bond motifs is 1. The molecule has 0 bridgehead atoms. The molecule has 0 saturated carbocycles. The number of carbonyl (C=O) groups is 1. The average molecular weight is 431 g/mol. The summed E-state index contributed by atoms with van der Waals surface area (Å²) >= 11 is 6.05. The first-order valence-electron chi connectivity index (χ1n) is 10.3. The quantitative estimate of drug-likeness (QED) is 0.758. The van der Waals surface area contributed by atoms with E-state index in [0.717, 1.165) is 43.9 Å². The molecule has 1 amide bonds. The largest absolute Gasteiger partial charge is 0.486 e. The van der Waals surface area contributed by atoms with Crippen LogP contribution in [-0.2, 0) is 0 Å². The van der Waals surface area contributed by atoms with Crippen molar-refractivity contribution in [2.45, 2.75) is 25.9 Å². The SMILES string of the molecule is Cc1ccc(C(=O)NCC2CCN(CC3COc4ccc(Cl)cc4O3)CC2)c(N)n1. The van der Waals surface area contributed by atoms with Crippen molar-refractivity contribution in [2.24, 2.45) is 5.92 Å². The van der Waals surface area contributed by atoms with Gasteiger partial charge in [-0.25, -0.2) is 4.98 Å². The zero-order valence-electron chi connectivity index (χ0n) is 17.1. The van der Waals surface area contributed by atoms with Gasteiger partial charge in [0.25, 0.3) is 5.91 Å². The molecule has 8 heteroatoms. The highest BCUT2D eigenvalue weighted by Gasteiger charge is 2.26. The third-order valence-corrected chi connectivity index (χ3v) is 5.89. The summed E-state index contributed by atoms with van der Waals surface area (Å²) in [7, 11) is 0. The lowest BCUT2D eigenvalue weighted by molar-refractivity contribution is 0.0476. The van der Waals surface area contributed by atoms with E-state index in [4.69, 9.17) is 26.8 Å². The molecule has 7 nitrogen and oxygen atoms in total. The van der Waals surface area contributed by atoms with Crippen molar-refractivity contribution >= 4 is 23.3 Å². The maximum atomic E-state index is 12.4. The van der Waals surface area contributed by atoms with E-state index in [1.54, 1.807) is 24.3 Å². The Bertz CT molecular complexity index is 915. The minimum absolute atomic E-state index is 0.00997. The molecule has 1 unspecified atom stereocenters. The van der Waals surface area contributed by atoms with Crippen LogP contribution in [-0.4, -0.2) is 54.7 Å². The molecular formula is C22H27ClN4O3. The van der Waals surface area contributed by atoms with Crippen LogP contribution < -0.4 is 20.5 Å². The summed E-state index contributed by atoms with van der Waals surface area (Å²) < 4.78 is 11.9. The maximum Gasteiger partial charge on any atom is 0.255 e. The topological polar surface area (TPSA) is 89.7 Å². The van der Waals surface area contributed by atoms with Crippen molar-refractivity contribution in [1.82, 2.24) is 15.2 Å². The summed E-state index contributed by atoms with van der Waals surface area (Å²) in [5.74, 6) is 2.02. The molecule has 0 spiro atoms. The number of aryl methyl sites for hydroxylation is 1. The van der Waals surface area contributed by atoms with Gasteiger partial charge in [0.2, 0.25) is 0 Å². The third-order valence-electron chi connectivity index (χ3n) is 5.65. The number of halogens is 1. The fraction of sp³-hybridized carbons (Fsp3) is 0.455. The Morgan fingerprint density at radius 2 is 2.07 bits per heavy atom. The molecule has 1 fully saturated rings. The molecule has 4 rings (SSSR count). The number of ether oxygens (including phenoxy) is 2. The lowest BCUT2D eigenvalue weighted by atomic mass is 9.96. The number of carbonyl (C=O) groups excluding carboxylic acids is 1. The van der Waals surface area contributed by atoms with Crippen LogP contribution in [0.15, 0.2) is 30.3 Å². The average Bonchev–Trinajstić information content (AvgIpc) is 2.73. The molecule has 1 atom stereocenters. The van der Waals surface area contributed by atoms with Crippen molar-refractivity contribution in [1.29, 1.82) is 0 Å². The highest BCUT2D eigenvalue weighted by Crippen LogP contribution is 2.34. The number of anilines is 1. The molecule has 1 saturated heterocycles. The van der Waals surface area contributed by atoms with E-state index in [1.807, 2.05) is 13.0 Å². The van der Waals surface area contributed by atoms with E-state index < -0.39 is 0 Å². The molecule has 1 aromatic carbocycles. The van der Waals surface area contributed by atoms with Crippen molar-refractivity contribution in [3.05, 3.63) is 46.6 Å². The Balaban J connectivity index is 1.21. The number of nitrogens with two attached hydrogens (primary N) is 1. The molecule has 0 aliphatic carbocycles. The lowest BCUT2D eigenvalue weighted by Crippen LogP contribution is -2.45. The second-order valence-corrected chi connectivity index (χ2v) is 8.42. The number of nitrogens with one attached hydrogen (secondary N) is 1. The van der Waals surface area contributed by atoms with Crippen LogP contribution in [0, 0.1) is 12.8 Å². The number of benzene rings is 1. The van der Waals surface area contributed by atoms with Crippen molar-refractivity contribution in [3.8, 4) is 11.5 Å². The number of rotatable bonds is 5. The molecular weight excluding hydrogens is 404 g/mol. The number of piperidine rings is 1. The molecule has 3 heterocycles. The lowest BCUT2D eigenvalue weighted by Gasteiger charge is -2.35. The van der Waals surface area contributed by atoms with E-state index in [9.17, 15) is 4.79 Å². The Kier molecular flexibility index (Phi) is 6.29. The van der Waals surface area contributed by atoms with E-state index in [1.165, 1.54) is 0 Å². The number of hydrogen-bond acceptors (Lipinski definition) is 6. The number of amides is 1. The van der Waals surface area contributed by atoms with Gasteiger partial charge in [-0.3, -0.25) is 9.69 Å². The Morgan fingerprint density at radius 1 is 1.27 bits per heavy atom. The van der Waals surface area contributed by atoms with Gasteiger partial charge in [-0.2, -0.15) is 0 Å². The van der Waals surface area contributed by atoms with Crippen molar-refractivity contribution in [3.63, 3.8) is 0 Å². The first kappa shape index (κ1) is 20.8. The summed E-state index contributed by atoms with van der Waals surface area (Å²) in [5.41, 5.74) is 7.11. The predicted octanol–water partition coefficient (Wildman–Crippen LogP) is 2.91. The number of aromatic nitrogens is 1. The maximum absolute atomic E-state index is 12.4. The number of likely N-dealkylation sites (tertiary alicyclic amines) is 1. The Hall–Kier alpha value is -2.51. The first-order chi connectivity index (χ1) is 14.5. The standard InChI is InChI=1S/C22H27ClN4O3/c1-14-2-4-18(21(24)26-14)22(28)25-11-15-6-8-27(9-7-15)12-17-13-29-19-5-3-16(23)10-20(19)30-17/h2-5,10,15,17H,6-9,11-13H2,1H3,(H2,24,26)(H,25,28). The van der Waals surface area contributed by atoms with Gasteiger partial charge >= 0.3 is 0 Å². The first-order valence-corrected chi connectivity index (χ1v) is 10.7. The van der Waals surface area contributed by atoms with Crippen molar-refractivity contribution < 1.29 is 14.3 Å². The summed E-state index contributed by atoms with van der Waals surface area (Å²) in [6.07, 6.45) is 2.04. The molecule has 2 aliphatic rings. The van der Waals surface area contributed by atoms with Crippen molar-refractivity contribution in [2.75, 3.05) is 38.5 Å². The Morgan fingerprint density at radius 3 is 2.83 bits per heavy atom. The van der Waals surface area contributed by atoms with Crippen LogP contribution in [0.1, 0.15) is 28.9 Å². The van der Waals surface area contributed by atoms with Crippen LogP contribution in [0.25, 0.3) is 0 Å². The predicted molar refractivity (Wildman–Crippen MR) is 116 cm³/mol. The van der Waals surface area contributed by atoms with E-state index in [0.29, 0.717) is 35.4 Å². The fourth-order valence-corrected chi connectivity index (χ4v) is 4.10. The Labute approximate surface area is 181 Å². The summed E-state index contributed by atoms with van der Waals surface area (Å²) in [6.45, 7) is 5.79. The van der Waals surface area contributed by atoms with Gasteiger partial charge < -0.3 is 20.5 Å². The van der Waals surface area contributed by atoms with Gasteiger partial charge in [0.15, 0.2) is 11.5 Å². The molecule has 30 heavy (non-hydrogen) atoms. The zero-order chi connectivity index (χ0) is 21.1. The molecule has 160 valence electrons. The van der Waals surface area contributed by atoms with Crippen LogP contribution in [0.5, 0.6) is 11.5 Å². The minimum Gasteiger partial charge on any atom is -0.486 e.